The van der Waals surface area contributed by atoms with E-state index >= 15 is 0 Å². The number of nitrogens with zero attached hydrogens (tertiary/aromatic N) is 1. The zero-order valence-electron chi connectivity index (χ0n) is 10.9. The second-order valence-corrected chi connectivity index (χ2v) is 4.96. The summed E-state index contributed by atoms with van der Waals surface area (Å²) in [6, 6.07) is 15.6. The monoisotopic (exact) mass is 255 g/mol. The normalized spacial score (nSPS) is 17.7. The van der Waals surface area contributed by atoms with E-state index in [2.05, 4.69) is 24.1 Å². The average molecular weight is 255 g/mol. The number of anilines is 1. The minimum atomic E-state index is 0.113. The summed E-state index contributed by atoms with van der Waals surface area (Å²) in [4.78, 5) is 2.17. The summed E-state index contributed by atoms with van der Waals surface area (Å²) in [6.07, 6.45) is 0.988. The number of rotatable bonds is 2. The molecule has 1 atom stereocenters. The topological polar surface area (TPSA) is 32.7 Å². The second-order valence-electron chi connectivity index (χ2n) is 4.96. The lowest BCUT2D eigenvalue weighted by molar-refractivity contribution is 0.195. The summed E-state index contributed by atoms with van der Waals surface area (Å²) in [6.45, 7) is 0.854. The first-order chi connectivity index (χ1) is 9.22. The van der Waals surface area contributed by atoms with Gasteiger partial charge in [0.2, 0.25) is 0 Å². The van der Waals surface area contributed by atoms with Crippen molar-refractivity contribution in [3.8, 4) is 11.5 Å². The Balaban J connectivity index is 1.81. The molecule has 98 valence electrons. The Kier molecular flexibility index (Phi) is 3.03. The molecule has 0 aromatic heterocycles. The Labute approximate surface area is 113 Å². The number of likely N-dealkylation sites (N-methyl/N-ethyl adjacent to an activating group) is 1. The lowest BCUT2D eigenvalue weighted by Crippen LogP contribution is -2.38. The van der Waals surface area contributed by atoms with Crippen LogP contribution in [0.3, 0.4) is 0 Å². The maximum atomic E-state index is 9.55. The van der Waals surface area contributed by atoms with Crippen LogP contribution in [0.1, 0.15) is 5.56 Å². The minimum absolute atomic E-state index is 0.113. The molecule has 3 heteroatoms. The summed E-state index contributed by atoms with van der Waals surface area (Å²) in [5, 5.41) is 9.55. The van der Waals surface area contributed by atoms with Gasteiger partial charge < -0.3 is 14.7 Å². The van der Waals surface area contributed by atoms with Crippen LogP contribution in [0.4, 0.5) is 5.69 Å². The van der Waals surface area contributed by atoms with Gasteiger partial charge >= 0.3 is 0 Å². The second kappa shape index (κ2) is 4.84. The first-order valence-corrected chi connectivity index (χ1v) is 6.47. The van der Waals surface area contributed by atoms with Crippen LogP contribution >= 0.6 is 0 Å². The molecule has 1 aliphatic rings. The standard InChI is InChI=1S/C16H17NO2/c1-17-11-14(9-12-5-3-2-4-6-12)19-16-10-13(18)7-8-15(16)17/h2-8,10,14,18H,9,11H2,1H3. The smallest absolute Gasteiger partial charge is 0.146 e. The maximum absolute atomic E-state index is 9.55. The Bertz CT molecular complexity index is 568. The Hall–Kier alpha value is -2.16. The molecule has 0 fully saturated rings. The third-order valence-corrected chi connectivity index (χ3v) is 3.43. The zero-order chi connectivity index (χ0) is 13.2. The molecule has 1 unspecified atom stereocenters. The van der Waals surface area contributed by atoms with Gasteiger partial charge in [0.05, 0.1) is 12.2 Å². The first-order valence-electron chi connectivity index (χ1n) is 6.47. The Morgan fingerprint density at radius 3 is 2.79 bits per heavy atom. The molecule has 3 rings (SSSR count). The van der Waals surface area contributed by atoms with E-state index in [-0.39, 0.29) is 11.9 Å². The van der Waals surface area contributed by atoms with Crippen molar-refractivity contribution in [2.75, 3.05) is 18.5 Å². The predicted octanol–water partition coefficient (Wildman–Crippen LogP) is 2.83. The van der Waals surface area contributed by atoms with Crippen LogP contribution in [0, 0.1) is 0 Å². The van der Waals surface area contributed by atoms with Crippen LogP contribution in [0.2, 0.25) is 0 Å². The highest BCUT2D eigenvalue weighted by molar-refractivity contribution is 5.62. The van der Waals surface area contributed by atoms with Gasteiger partial charge in [-0.25, -0.2) is 0 Å². The summed E-state index contributed by atoms with van der Waals surface area (Å²) >= 11 is 0. The fourth-order valence-corrected chi connectivity index (χ4v) is 2.52. The SMILES string of the molecule is CN1CC(Cc2ccccc2)Oc2cc(O)ccc21. The Morgan fingerprint density at radius 1 is 1.21 bits per heavy atom. The van der Waals surface area contributed by atoms with Crippen LogP contribution < -0.4 is 9.64 Å². The van der Waals surface area contributed by atoms with E-state index in [1.54, 1.807) is 12.1 Å². The van der Waals surface area contributed by atoms with Crippen molar-refractivity contribution in [2.45, 2.75) is 12.5 Å². The van der Waals surface area contributed by atoms with Gasteiger partial charge in [0, 0.05) is 19.5 Å². The molecular formula is C16H17NO2. The van der Waals surface area contributed by atoms with Crippen LogP contribution in [0.15, 0.2) is 48.5 Å². The average Bonchev–Trinajstić information content (AvgIpc) is 2.39. The summed E-state index contributed by atoms with van der Waals surface area (Å²) in [7, 11) is 2.05. The molecule has 1 aliphatic heterocycles. The molecule has 3 nitrogen and oxygen atoms in total. The third kappa shape index (κ3) is 2.50. The quantitative estimate of drug-likeness (QED) is 0.895. The number of hydrogen-bond donors (Lipinski definition) is 1. The van der Waals surface area contributed by atoms with Gasteiger partial charge in [0.25, 0.3) is 0 Å². The molecule has 0 spiro atoms. The van der Waals surface area contributed by atoms with Crippen molar-refractivity contribution in [2.24, 2.45) is 0 Å². The molecule has 1 N–H and O–H groups in total. The fraction of sp³-hybridized carbons (Fsp3) is 0.250. The van der Waals surface area contributed by atoms with Gasteiger partial charge in [-0.15, -0.1) is 0 Å². The van der Waals surface area contributed by atoms with Crippen LogP contribution in [0.25, 0.3) is 0 Å². The molecule has 0 aliphatic carbocycles. The van der Waals surface area contributed by atoms with Gasteiger partial charge in [-0.2, -0.15) is 0 Å². The highest BCUT2D eigenvalue weighted by atomic mass is 16.5. The van der Waals surface area contributed by atoms with E-state index in [4.69, 9.17) is 4.74 Å². The van der Waals surface area contributed by atoms with Gasteiger partial charge in [0.15, 0.2) is 0 Å². The number of benzene rings is 2. The Morgan fingerprint density at radius 2 is 2.00 bits per heavy atom. The molecule has 0 bridgehead atoms. The number of ether oxygens (including phenoxy) is 1. The van der Waals surface area contributed by atoms with E-state index in [0.717, 1.165) is 24.4 Å². The van der Waals surface area contributed by atoms with Gasteiger partial charge in [-0.3, -0.25) is 0 Å². The summed E-state index contributed by atoms with van der Waals surface area (Å²) in [5.74, 6) is 1.00. The van der Waals surface area contributed by atoms with Crippen LogP contribution in [0.5, 0.6) is 11.5 Å². The lowest BCUT2D eigenvalue weighted by Gasteiger charge is -2.34. The van der Waals surface area contributed by atoms with E-state index < -0.39 is 0 Å². The predicted molar refractivity (Wildman–Crippen MR) is 75.9 cm³/mol. The number of phenolic OH excluding ortho intramolecular Hbond substituents is 1. The fourth-order valence-electron chi connectivity index (χ4n) is 2.52. The highest BCUT2D eigenvalue weighted by Crippen LogP contribution is 2.35. The number of fused-ring (bicyclic) bond motifs is 1. The lowest BCUT2D eigenvalue weighted by atomic mass is 10.1. The number of phenols is 1. The van der Waals surface area contributed by atoms with Crippen LogP contribution in [-0.4, -0.2) is 24.8 Å². The highest BCUT2D eigenvalue weighted by Gasteiger charge is 2.23. The van der Waals surface area contributed by atoms with E-state index in [0.29, 0.717) is 0 Å². The van der Waals surface area contributed by atoms with E-state index in [1.807, 2.05) is 24.3 Å². The van der Waals surface area contributed by atoms with Crippen molar-refractivity contribution in [1.82, 2.24) is 0 Å². The van der Waals surface area contributed by atoms with Crippen molar-refractivity contribution in [1.29, 1.82) is 0 Å². The van der Waals surface area contributed by atoms with Gasteiger partial charge in [-0.05, 0) is 17.7 Å². The summed E-state index contributed by atoms with van der Waals surface area (Å²) in [5.41, 5.74) is 2.30. The molecular weight excluding hydrogens is 238 g/mol. The largest absolute Gasteiger partial charge is 0.508 e. The van der Waals surface area contributed by atoms with Crippen molar-refractivity contribution in [3.05, 3.63) is 54.1 Å². The number of aromatic hydroxyl groups is 1. The molecule has 2 aromatic carbocycles. The van der Waals surface area contributed by atoms with Gasteiger partial charge in [0.1, 0.15) is 17.6 Å². The summed E-state index contributed by atoms with van der Waals surface area (Å²) < 4.78 is 5.99. The van der Waals surface area contributed by atoms with Gasteiger partial charge in [-0.1, -0.05) is 30.3 Å². The maximum Gasteiger partial charge on any atom is 0.146 e. The first kappa shape index (κ1) is 11.9. The zero-order valence-corrected chi connectivity index (χ0v) is 10.9. The third-order valence-electron chi connectivity index (χ3n) is 3.43. The van der Waals surface area contributed by atoms with Crippen molar-refractivity contribution < 1.29 is 9.84 Å². The van der Waals surface area contributed by atoms with Crippen molar-refractivity contribution in [3.63, 3.8) is 0 Å². The molecule has 0 saturated carbocycles. The van der Waals surface area contributed by atoms with Crippen molar-refractivity contribution >= 4 is 5.69 Å². The molecule has 19 heavy (non-hydrogen) atoms. The van der Waals surface area contributed by atoms with Crippen LogP contribution in [-0.2, 0) is 6.42 Å². The number of hydrogen-bond acceptors (Lipinski definition) is 3. The molecule has 0 radical (unpaired) electrons. The molecule has 2 aromatic rings. The minimum Gasteiger partial charge on any atom is -0.508 e. The molecule has 0 amide bonds. The molecule has 0 saturated heterocycles. The van der Waals surface area contributed by atoms with E-state index in [9.17, 15) is 5.11 Å². The molecule has 1 heterocycles. The van der Waals surface area contributed by atoms with E-state index in [1.165, 1.54) is 5.56 Å².